The first-order valence-electron chi connectivity index (χ1n) is 12.1. The summed E-state index contributed by atoms with van der Waals surface area (Å²) in [7, 11) is 0. The molecule has 1 saturated heterocycles. The predicted octanol–water partition coefficient (Wildman–Crippen LogP) is 4.76. The van der Waals surface area contributed by atoms with Gasteiger partial charge >= 0.3 is 12.3 Å². The number of pyridine rings is 1. The number of rotatable bonds is 5. The number of alkyl carbamates (subject to hydrolysis) is 1. The van der Waals surface area contributed by atoms with Gasteiger partial charge in [0.05, 0.1) is 0 Å². The molecule has 0 radical (unpaired) electrons. The minimum absolute atomic E-state index is 0.104. The Morgan fingerprint density at radius 3 is 2.40 bits per heavy atom. The number of hydrogen-bond donors (Lipinski definition) is 2. The number of ether oxygens (including phenoxy) is 1. The fourth-order valence-electron chi connectivity index (χ4n) is 4.94. The highest BCUT2D eigenvalue weighted by molar-refractivity contribution is 5.86. The monoisotopic (exact) mass is 498 g/mol. The lowest BCUT2D eigenvalue weighted by molar-refractivity contribution is -0.141. The third-order valence-corrected chi connectivity index (χ3v) is 6.36. The van der Waals surface area contributed by atoms with Crippen molar-refractivity contribution < 1.29 is 27.5 Å². The third-order valence-electron chi connectivity index (χ3n) is 6.36. The second-order valence-electron chi connectivity index (χ2n) is 11.9. The van der Waals surface area contributed by atoms with Gasteiger partial charge in [-0.1, -0.05) is 26.8 Å². The van der Waals surface area contributed by atoms with Crippen LogP contribution in [-0.4, -0.2) is 47.8 Å². The van der Waals surface area contributed by atoms with Crippen LogP contribution in [0.1, 0.15) is 66.5 Å². The van der Waals surface area contributed by atoms with E-state index in [9.17, 15) is 22.8 Å². The van der Waals surface area contributed by atoms with Gasteiger partial charge in [0.2, 0.25) is 5.91 Å². The quantitative estimate of drug-likeness (QED) is 0.612. The summed E-state index contributed by atoms with van der Waals surface area (Å²) >= 11 is 0. The molecule has 196 valence electrons. The van der Waals surface area contributed by atoms with E-state index >= 15 is 0 Å². The third kappa shape index (κ3) is 7.48. The Morgan fingerprint density at radius 2 is 1.80 bits per heavy atom. The SMILES string of the molecule is CC(C)(C)C[C@H](NC(=O)OC(C)(C)C)C(=O)N[C@H]1CC[C@@H]2CN(c3cccc(C(F)(F)F)n3)C[C@@H]21. The molecule has 2 aliphatic rings. The maximum Gasteiger partial charge on any atom is 0.433 e. The highest BCUT2D eigenvalue weighted by Crippen LogP contribution is 2.40. The van der Waals surface area contributed by atoms with Crippen molar-refractivity contribution in [2.45, 2.75) is 84.7 Å². The summed E-state index contributed by atoms with van der Waals surface area (Å²) in [5, 5.41) is 5.83. The number of aromatic nitrogens is 1. The van der Waals surface area contributed by atoms with E-state index in [1.165, 1.54) is 6.07 Å². The first-order chi connectivity index (χ1) is 16.0. The van der Waals surface area contributed by atoms with Crippen molar-refractivity contribution in [3.8, 4) is 0 Å². The Labute approximate surface area is 205 Å². The molecule has 3 rings (SSSR count). The van der Waals surface area contributed by atoms with Crippen LogP contribution in [0.3, 0.4) is 0 Å². The molecule has 10 heteroatoms. The average molecular weight is 499 g/mol. The number of anilines is 1. The largest absolute Gasteiger partial charge is 0.444 e. The Morgan fingerprint density at radius 1 is 1.11 bits per heavy atom. The molecule has 0 aromatic carbocycles. The lowest BCUT2D eigenvalue weighted by Crippen LogP contribution is -2.52. The first kappa shape index (κ1) is 27.1. The lowest BCUT2D eigenvalue weighted by Gasteiger charge is -2.29. The summed E-state index contributed by atoms with van der Waals surface area (Å²) < 4.78 is 44.6. The molecular weight excluding hydrogens is 461 g/mol. The van der Waals surface area contributed by atoms with Crippen molar-refractivity contribution in [3.63, 3.8) is 0 Å². The van der Waals surface area contributed by atoms with Crippen LogP contribution in [0.2, 0.25) is 0 Å². The molecule has 2 heterocycles. The van der Waals surface area contributed by atoms with E-state index in [-0.39, 0.29) is 29.2 Å². The van der Waals surface area contributed by atoms with Crippen LogP contribution in [0.25, 0.3) is 0 Å². The van der Waals surface area contributed by atoms with E-state index in [0.717, 1.165) is 18.9 Å². The van der Waals surface area contributed by atoms with Gasteiger partial charge < -0.3 is 20.3 Å². The van der Waals surface area contributed by atoms with Gasteiger partial charge in [0.25, 0.3) is 0 Å². The topological polar surface area (TPSA) is 83.6 Å². The van der Waals surface area contributed by atoms with Gasteiger partial charge in [-0.25, -0.2) is 9.78 Å². The van der Waals surface area contributed by atoms with Crippen LogP contribution in [-0.2, 0) is 15.7 Å². The van der Waals surface area contributed by atoms with Crippen molar-refractivity contribution in [2.75, 3.05) is 18.0 Å². The van der Waals surface area contributed by atoms with Crippen molar-refractivity contribution >= 4 is 17.8 Å². The van der Waals surface area contributed by atoms with E-state index < -0.39 is 29.6 Å². The molecule has 1 aliphatic heterocycles. The smallest absolute Gasteiger partial charge is 0.433 e. The summed E-state index contributed by atoms with van der Waals surface area (Å²) in [6, 6.07) is 3.06. The highest BCUT2D eigenvalue weighted by atomic mass is 19.4. The Bertz CT molecular complexity index is 924. The fourth-order valence-corrected chi connectivity index (χ4v) is 4.94. The fraction of sp³-hybridized carbons (Fsp3) is 0.720. The van der Waals surface area contributed by atoms with Gasteiger partial charge in [-0.3, -0.25) is 4.79 Å². The Hall–Kier alpha value is -2.52. The van der Waals surface area contributed by atoms with Crippen LogP contribution in [0.4, 0.5) is 23.8 Å². The van der Waals surface area contributed by atoms with Crippen molar-refractivity contribution in [1.29, 1.82) is 0 Å². The van der Waals surface area contributed by atoms with Crippen LogP contribution in [0.5, 0.6) is 0 Å². The summed E-state index contributed by atoms with van der Waals surface area (Å²) in [5.41, 5.74) is -1.81. The number of amides is 2. The van der Waals surface area contributed by atoms with Gasteiger partial charge in [-0.05, 0) is 63.5 Å². The normalized spacial score (nSPS) is 23.6. The molecule has 2 fully saturated rings. The molecule has 0 unspecified atom stereocenters. The average Bonchev–Trinajstić information content (AvgIpc) is 3.26. The Kier molecular flexibility index (Phi) is 7.62. The van der Waals surface area contributed by atoms with E-state index in [4.69, 9.17) is 4.74 Å². The molecule has 1 aromatic rings. The second-order valence-corrected chi connectivity index (χ2v) is 11.9. The molecule has 1 aromatic heterocycles. The second kappa shape index (κ2) is 9.85. The molecule has 35 heavy (non-hydrogen) atoms. The molecule has 7 nitrogen and oxygen atoms in total. The molecule has 2 N–H and O–H groups in total. The van der Waals surface area contributed by atoms with Crippen molar-refractivity contribution in [3.05, 3.63) is 23.9 Å². The molecule has 1 saturated carbocycles. The summed E-state index contributed by atoms with van der Waals surface area (Å²) in [6.07, 6.45) is -3.05. The predicted molar refractivity (Wildman–Crippen MR) is 127 cm³/mol. The zero-order valence-electron chi connectivity index (χ0n) is 21.3. The van der Waals surface area contributed by atoms with Crippen molar-refractivity contribution in [2.24, 2.45) is 17.3 Å². The minimum atomic E-state index is -4.49. The summed E-state index contributed by atoms with van der Waals surface area (Å²) in [5.74, 6) is 0.396. The van der Waals surface area contributed by atoms with Crippen LogP contribution in [0, 0.1) is 17.3 Å². The number of fused-ring (bicyclic) bond motifs is 1. The number of carbonyl (C=O) groups is 2. The molecule has 2 amide bonds. The van der Waals surface area contributed by atoms with E-state index in [1.807, 2.05) is 25.7 Å². The number of halogens is 3. The van der Waals surface area contributed by atoms with E-state index in [1.54, 1.807) is 26.8 Å². The van der Waals surface area contributed by atoms with Crippen LogP contribution in [0.15, 0.2) is 18.2 Å². The maximum absolute atomic E-state index is 13.2. The molecule has 4 atom stereocenters. The number of hydrogen-bond acceptors (Lipinski definition) is 5. The van der Waals surface area contributed by atoms with Gasteiger partial charge in [-0.15, -0.1) is 0 Å². The molecule has 0 spiro atoms. The summed E-state index contributed by atoms with van der Waals surface area (Å²) in [4.78, 5) is 31.3. The molecular formula is C25H37F3N4O3. The van der Waals surface area contributed by atoms with Crippen molar-refractivity contribution in [1.82, 2.24) is 15.6 Å². The Balaban J connectivity index is 1.67. The highest BCUT2D eigenvalue weighted by Gasteiger charge is 2.44. The standard InChI is InChI=1S/C25H37F3N4O3/c1-23(2,3)12-18(30-22(34)35-24(4,5)6)21(33)29-17-11-10-15-13-32(14-16(15)17)20-9-7-8-19(31-20)25(26,27)28/h7-9,15-18H,10-14H2,1-6H3,(H,29,33)(H,30,34)/t15-,16+,17+,18+/m1/s1. The number of alkyl halides is 3. The zero-order chi connectivity index (χ0) is 26.2. The maximum atomic E-state index is 13.2. The zero-order valence-corrected chi connectivity index (χ0v) is 21.3. The van der Waals surface area contributed by atoms with E-state index in [0.29, 0.717) is 25.3 Å². The van der Waals surface area contributed by atoms with E-state index in [2.05, 4.69) is 15.6 Å². The molecule has 1 aliphatic carbocycles. The first-order valence-corrected chi connectivity index (χ1v) is 12.1. The number of nitrogens with one attached hydrogen (secondary N) is 2. The van der Waals surface area contributed by atoms with Crippen LogP contribution < -0.4 is 15.5 Å². The minimum Gasteiger partial charge on any atom is -0.444 e. The van der Waals surface area contributed by atoms with Gasteiger partial charge in [0.15, 0.2) is 0 Å². The lowest BCUT2D eigenvalue weighted by atomic mass is 9.87. The summed E-state index contributed by atoms with van der Waals surface area (Å²) in [6.45, 7) is 12.4. The molecule has 0 bridgehead atoms. The van der Waals surface area contributed by atoms with Gasteiger partial charge in [-0.2, -0.15) is 13.2 Å². The van der Waals surface area contributed by atoms with Gasteiger partial charge in [0, 0.05) is 25.0 Å². The van der Waals surface area contributed by atoms with Gasteiger partial charge in [0.1, 0.15) is 23.2 Å². The van der Waals surface area contributed by atoms with Crippen LogP contribution >= 0.6 is 0 Å². The number of carbonyl (C=O) groups excluding carboxylic acids is 2. The number of nitrogens with zero attached hydrogens (tertiary/aromatic N) is 2.